The third-order valence-corrected chi connectivity index (χ3v) is 6.59. The topological polar surface area (TPSA) is 93.2 Å². The molecule has 0 aliphatic carbocycles. The number of hydrogen-bond donors (Lipinski definition) is 3. The summed E-state index contributed by atoms with van der Waals surface area (Å²) in [4.78, 5) is 11.0. The first kappa shape index (κ1) is 30.7. The van der Waals surface area contributed by atoms with Crippen LogP contribution in [0.3, 0.4) is 0 Å². The molecule has 6 aromatic carbocycles. The van der Waals surface area contributed by atoms with Crippen molar-refractivity contribution in [3.05, 3.63) is 168 Å². The molecule has 0 aliphatic rings. The van der Waals surface area contributed by atoms with E-state index in [0.717, 1.165) is 45.0 Å². The van der Waals surface area contributed by atoms with Gasteiger partial charge in [-0.25, -0.2) is 0 Å². The Labute approximate surface area is 265 Å². The summed E-state index contributed by atoms with van der Waals surface area (Å²) in [6.45, 7) is 0. The monoisotopic (exact) mass is 656 g/mol. The second-order valence-corrected chi connectivity index (χ2v) is 9.44. The molecule has 4 N–H and O–H groups in total. The Bertz CT molecular complexity index is 1750. The van der Waals surface area contributed by atoms with Crippen LogP contribution in [-0.2, 0) is 20.4 Å². The number of benzene rings is 6. The minimum absolute atomic E-state index is 0. The van der Waals surface area contributed by atoms with Gasteiger partial charge in [-0.3, -0.25) is 10.1 Å². The van der Waals surface area contributed by atoms with Crippen LogP contribution in [0.15, 0.2) is 158 Å². The molecule has 0 aliphatic heterocycles. The summed E-state index contributed by atoms with van der Waals surface area (Å²) in [5, 5.41) is 18.0. The van der Waals surface area contributed by atoms with Crippen LogP contribution in [0.25, 0.3) is 22.3 Å². The fraction of sp³-hybridized carbons (Fsp3) is 0. The molecule has 6 aromatic rings. The minimum atomic E-state index is -0.363. The van der Waals surface area contributed by atoms with Crippen molar-refractivity contribution in [1.29, 1.82) is 0 Å². The van der Waals surface area contributed by atoms with Crippen molar-refractivity contribution >= 4 is 34.1 Å². The number of nitro groups is 1. The Morgan fingerprint density at radius 1 is 0.488 bits per heavy atom. The third kappa shape index (κ3) is 7.96. The molecule has 43 heavy (non-hydrogen) atoms. The van der Waals surface area contributed by atoms with E-state index in [4.69, 9.17) is 5.73 Å². The second-order valence-electron chi connectivity index (χ2n) is 9.44. The molecule has 6 rings (SSSR count). The predicted octanol–water partition coefficient (Wildman–Crippen LogP) is 9.68. The largest absolute Gasteiger partial charge is 0.397 e. The Morgan fingerprint density at radius 3 is 1.35 bits per heavy atom. The zero-order valence-electron chi connectivity index (χ0n) is 23.2. The number of nitrogens with one attached hydrogen (secondary N) is 2. The Kier molecular flexibility index (Phi) is 10.8. The van der Waals surface area contributed by atoms with E-state index in [1.807, 2.05) is 127 Å². The van der Waals surface area contributed by atoms with Gasteiger partial charge in [0.25, 0.3) is 5.69 Å². The van der Waals surface area contributed by atoms with Crippen molar-refractivity contribution in [2.24, 2.45) is 0 Å². The van der Waals surface area contributed by atoms with E-state index in [-0.39, 0.29) is 31.0 Å². The second kappa shape index (κ2) is 15.1. The van der Waals surface area contributed by atoms with Gasteiger partial charge in [-0.2, -0.15) is 0 Å². The third-order valence-electron chi connectivity index (χ3n) is 6.59. The van der Waals surface area contributed by atoms with Crippen LogP contribution in [0.2, 0.25) is 0 Å². The minimum Gasteiger partial charge on any atom is -0.397 e. The molecule has 6 nitrogen and oxygen atoms in total. The predicted molar refractivity (Wildman–Crippen MR) is 174 cm³/mol. The SMILES string of the molecule is Nc1cccc(-c2ccccc2)c1Nc1ccccc1.O=[N+]([O-])c1cccc(-c2ccccc2)c1Nc1ccccc1.[Pd]. The van der Waals surface area contributed by atoms with Gasteiger partial charge in [-0.15, -0.1) is 0 Å². The molecule has 0 radical (unpaired) electrons. The van der Waals surface area contributed by atoms with Gasteiger partial charge in [0.15, 0.2) is 0 Å². The van der Waals surface area contributed by atoms with Crippen LogP contribution in [0, 0.1) is 10.1 Å². The zero-order chi connectivity index (χ0) is 29.1. The number of nitro benzene ring substituents is 1. The number of nitrogen functional groups attached to an aromatic ring is 1. The van der Waals surface area contributed by atoms with Crippen LogP contribution >= 0.6 is 0 Å². The van der Waals surface area contributed by atoms with E-state index in [9.17, 15) is 10.1 Å². The van der Waals surface area contributed by atoms with Crippen LogP contribution < -0.4 is 16.4 Å². The summed E-state index contributed by atoms with van der Waals surface area (Å²) in [5.74, 6) is 0. The van der Waals surface area contributed by atoms with Crippen molar-refractivity contribution in [2.45, 2.75) is 0 Å². The van der Waals surface area contributed by atoms with Crippen molar-refractivity contribution in [3.8, 4) is 22.3 Å². The average Bonchev–Trinajstić information content (AvgIpc) is 3.04. The fourth-order valence-electron chi connectivity index (χ4n) is 4.58. The normalized spacial score (nSPS) is 9.95. The maximum absolute atomic E-state index is 11.4. The molecule has 0 bridgehead atoms. The molecule has 0 spiro atoms. The number of nitrogens with zero attached hydrogens (tertiary/aromatic N) is 1. The average molecular weight is 657 g/mol. The molecular formula is C36H30N4O2Pd. The maximum atomic E-state index is 11.4. The quantitative estimate of drug-likeness (QED) is 0.0689. The van der Waals surface area contributed by atoms with E-state index in [1.165, 1.54) is 6.07 Å². The molecule has 0 fully saturated rings. The summed E-state index contributed by atoms with van der Waals surface area (Å²) in [6.07, 6.45) is 0. The molecule has 0 unspecified atom stereocenters. The van der Waals surface area contributed by atoms with Crippen molar-refractivity contribution in [3.63, 3.8) is 0 Å². The summed E-state index contributed by atoms with van der Waals surface area (Å²) in [7, 11) is 0. The first-order chi connectivity index (χ1) is 20.6. The summed E-state index contributed by atoms with van der Waals surface area (Å²) in [6, 6.07) is 50.5. The van der Waals surface area contributed by atoms with Gasteiger partial charge in [-0.05, 0) is 41.5 Å². The Balaban J connectivity index is 0.000000193. The van der Waals surface area contributed by atoms with Gasteiger partial charge in [0.1, 0.15) is 5.69 Å². The van der Waals surface area contributed by atoms with Gasteiger partial charge < -0.3 is 16.4 Å². The number of nitrogens with two attached hydrogens (primary N) is 1. The first-order valence-electron chi connectivity index (χ1n) is 13.5. The summed E-state index contributed by atoms with van der Waals surface area (Å²) < 4.78 is 0. The number of rotatable bonds is 7. The molecule has 0 heterocycles. The molecule has 0 atom stereocenters. The fourth-order valence-corrected chi connectivity index (χ4v) is 4.58. The van der Waals surface area contributed by atoms with Crippen LogP contribution in [0.4, 0.5) is 34.1 Å². The molecule has 0 aromatic heterocycles. The standard InChI is InChI=1S/C18H14N2O2.C18H16N2.Pd/c21-20(22)17-13-7-12-16(14-8-3-1-4-9-14)18(17)19-15-10-5-2-6-11-15;19-17-13-7-12-16(14-8-3-1-4-9-14)18(17)20-15-10-5-2-6-11-15;/h1-13,19H;1-13,20H,19H2;. The van der Waals surface area contributed by atoms with Gasteiger partial charge in [0.05, 0.1) is 16.3 Å². The molecule has 0 saturated carbocycles. The van der Waals surface area contributed by atoms with Crippen LogP contribution in [0.1, 0.15) is 0 Å². The zero-order valence-corrected chi connectivity index (χ0v) is 24.7. The van der Waals surface area contributed by atoms with Crippen molar-refractivity contribution < 1.29 is 25.3 Å². The number of hydrogen-bond acceptors (Lipinski definition) is 5. The van der Waals surface area contributed by atoms with E-state index in [1.54, 1.807) is 6.07 Å². The van der Waals surface area contributed by atoms with E-state index >= 15 is 0 Å². The molecule has 0 amide bonds. The van der Waals surface area contributed by atoms with Crippen LogP contribution in [0.5, 0.6) is 0 Å². The molecular weight excluding hydrogens is 627 g/mol. The van der Waals surface area contributed by atoms with E-state index in [0.29, 0.717) is 5.69 Å². The number of para-hydroxylation sites is 4. The smallest absolute Gasteiger partial charge is 0.293 e. The first-order valence-corrected chi connectivity index (χ1v) is 13.5. The van der Waals surface area contributed by atoms with E-state index in [2.05, 4.69) is 28.8 Å². The Hall–Kier alpha value is -5.22. The molecule has 0 saturated heterocycles. The number of anilines is 5. The summed E-state index contributed by atoms with van der Waals surface area (Å²) >= 11 is 0. The maximum Gasteiger partial charge on any atom is 0.293 e. The Morgan fingerprint density at radius 2 is 0.884 bits per heavy atom. The van der Waals surface area contributed by atoms with Crippen molar-refractivity contribution in [2.75, 3.05) is 16.4 Å². The molecule has 216 valence electrons. The van der Waals surface area contributed by atoms with Gasteiger partial charge in [0.2, 0.25) is 0 Å². The summed E-state index contributed by atoms with van der Waals surface area (Å²) in [5.41, 5.74) is 14.2. The van der Waals surface area contributed by atoms with Gasteiger partial charge in [-0.1, -0.05) is 121 Å². The van der Waals surface area contributed by atoms with E-state index < -0.39 is 0 Å². The molecule has 7 heteroatoms. The van der Waals surface area contributed by atoms with Gasteiger partial charge >= 0.3 is 0 Å². The van der Waals surface area contributed by atoms with Gasteiger partial charge in [0, 0.05) is 49.0 Å². The van der Waals surface area contributed by atoms with Crippen LogP contribution in [-0.4, -0.2) is 4.92 Å². The van der Waals surface area contributed by atoms with Crippen molar-refractivity contribution in [1.82, 2.24) is 0 Å².